The van der Waals surface area contributed by atoms with Gasteiger partial charge in [-0.1, -0.05) is 18.2 Å². The Morgan fingerprint density at radius 2 is 1.80 bits per heavy atom. The number of carboxylic acid groups (broad SMARTS) is 1. The van der Waals surface area contributed by atoms with Crippen LogP contribution in [0.1, 0.15) is 45.7 Å². The first kappa shape index (κ1) is 24.0. The second-order valence-electron chi connectivity index (χ2n) is 10.6. The zero-order valence-electron chi connectivity index (χ0n) is 20.9. The summed E-state index contributed by atoms with van der Waals surface area (Å²) in [4.78, 5) is 29.6. The summed E-state index contributed by atoms with van der Waals surface area (Å²) in [5.41, 5.74) is 1.93. The zero-order valence-corrected chi connectivity index (χ0v) is 21.7. The second kappa shape index (κ2) is 9.76. The average molecular weight is 497 g/mol. The van der Waals surface area contributed by atoms with Gasteiger partial charge >= 0.3 is 6.09 Å². The number of para-hydroxylation sites is 1. The van der Waals surface area contributed by atoms with Gasteiger partial charge in [-0.3, -0.25) is 4.90 Å². The average Bonchev–Trinajstić information content (AvgIpc) is 3.48. The van der Waals surface area contributed by atoms with Crippen LogP contribution in [0.15, 0.2) is 35.2 Å². The van der Waals surface area contributed by atoms with Crippen LogP contribution in [0.4, 0.5) is 22.2 Å². The molecule has 2 atom stereocenters. The first-order valence-corrected chi connectivity index (χ1v) is 13.7. The van der Waals surface area contributed by atoms with Gasteiger partial charge < -0.3 is 20.2 Å². The highest BCUT2D eigenvalue weighted by atomic mass is 32.2. The molecule has 0 unspecified atom stereocenters. The van der Waals surface area contributed by atoms with Crippen molar-refractivity contribution in [3.8, 4) is 0 Å². The summed E-state index contributed by atoms with van der Waals surface area (Å²) in [6.07, 6.45) is 2.92. The summed E-state index contributed by atoms with van der Waals surface area (Å²) in [6.45, 7) is 9.55. The molecule has 0 bridgehead atoms. The van der Waals surface area contributed by atoms with Gasteiger partial charge in [0.15, 0.2) is 0 Å². The van der Waals surface area contributed by atoms with Crippen LogP contribution >= 0.6 is 11.8 Å². The van der Waals surface area contributed by atoms with Crippen LogP contribution in [-0.2, 0) is 6.42 Å². The van der Waals surface area contributed by atoms with E-state index in [2.05, 4.69) is 45.4 Å². The lowest BCUT2D eigenvalue weighted by Crippen LogP contribution is -2.55. The minimum atomic E-state index is -0.851. The highest BCUT2D eigenvalue weighted by Crippen LogP contribution is 2.39. The van der Waals surface area contributed by atoms with Gasteiger partial charge in [0.25, 0.3) is 0 Å². The maximum absolute atomic E-state index is 12.2. The first-order chi connectivity index (χ1) is 16.8. The van der Waals surface area contributed by atoms with Crippen LogP contribution in [0.5, 0.6) is 0 Å². The minimum Gasteiger partial charge on any atom is -0.465 e. The lowest BCUT2D eigenvalue weighted by Gasteiger charge is -2.41. The number of aryl methyl sites for hydroxylation is 1. The van der Waals surface area contributed by atoms with Gasteiger partial charge in [0, 0.05) is 55.6 Å². The van der Waals surface area contributed by atoms with E-state index in [1.165, 1.54) is 5.69 Å². The molecule has 1 aromatic heterocycles. The summed E-state index contributed by atoms with van der Waals surface area (Å²) in [6, 6.07) is 10.5. The topological polar surface area (TPSA) is 84.8 Å². The molecule has 2 aromatic rings. The molecule has 1 saturated heterocycles. The molecule has 2 aliphatic heterocycles. The number of nitrogens with zero attached hydrogens (tertiary/aromatic N) is 5. The largest absolute Gasteiger partial charge is 0.465 e. The van der Waals surface area contributed by atoms with E-state index in [1.807, 2.05) is 32.5 Å². The van der Waals surface area contributed by atoms with Crippen molar-refractivity contribution in [1.29, 1.82) is 0 Å². The zero-order chi connectivity index (χ0) is 24.6. The summed E-state index contributed by atoms with van der Waals surface area (Å²) in [7, 11) is 0. The van der Waals surface area contributed by atoms with Gasteiger partial charge in [-0.05, 0) is 52.2 Å². The fourth-order valence-electron chi connectivity index (χ4n) is 5.62. The lowest BCUT2D eigenvalue weighted by atomic mass is 10.0. The third-order valence-corrected chi connectivity index (χ3v) is 8.38. The van der Waals surface area contributed by atoms with E-state index in [9.17, 15) is 9.90 Å². The Morgan fingerprint density at radius 3 is 2.49 bits per heavy atom. The van der Waals surface area contributed by atoms with Crippen molar-refractivity contribution in [2.75, 3.05) is 47.0 Å². The molecule has 35 heavy (non-hydrogen) atoms. The van der Waals surface area contributed by atoms with Crippen LogP contribution in [0.3, 0.4) is 0 Å². The summed E-state index contributed by atoms with van der Waals surface area (Å²) >= 11 is 1.81. The van der Waals surface area contributed by atoms with Crippen molar-refractivity contribution in [3.05, 3.63) is 36.0 Å². The van der Waals surface area contributed by atoms with Crippen LogP contribution in [0.2, 0.25) is 0 Å². The molecule has 3 heterocycles. The van der Waals surface area contributed by atoms with Crippen molar-refractivity contribution in [3.63, 3.8) is 0 Å². The molecule has 1 amide bonds. The van der Waals surface area contributed by atoms with Crippen LogP contribution < -0.4 is 15.1 Å². The van der Waals surface area contributed by atoms with E-state index in [0.29, 0.717) is 0 Å². The third kappa shape index (κ3) is 5.01. The molecule has 8 nitrogen and oxygen atoms in total. The Kier molecular flexibility index (Phi) is 6.70. The SMILES string of the molecule is CC(C)(C)N(C(=O)O)[C@H]1CCC[C@@H]1Nc1nc(N2CCN(c3ccccc3)CC2)nc2c1SCC2. The Morgan fingerprint density at radius 1 is 1.09 bits per heavy atom. The quantitative estimate of drug-likeness (QED) is 0.623. The molecule has 1 aromatic carbocycles. The second-order valence-corrected chi connectivity index (χ2v) is 11.7. The Balaban J connectivity index is 1.35. The van der Waals surface area contributed by atoms with Gasteiger partial charge in [-0.25, -0.2) is 9.78 Å². The Bertz CT molecular complexity index is 1050. The number of nitrogens with one attached hydrogen (secondary N) is 1. The molecule has 188 valence electrons. The molecule has 0 radical (unpaired) electrons. The molecule has 5 rings (SSSR count). The molecule has 2 fully saturated rings. The van der Waals surface area contributed by atoms with Crippen molar-refractivity contribution in [2.45, 2.75) is 69.0 Å². The molecule has 9 heteroatoms. The number of fused-ring (bicyclic) bond motifs is 1. The summed E-state index contributed by atoms with van der Waals surface area (Å²) in [5.74, 6) is 2.69. The molecular weight excluding hydrogens is 460 g/mol. The maximum atomic E-state index is 12.2. The normalized spacial score (nSPS) is 22.3. The number of piperazine rings is 1. The van der Waals surface area contributed by atoms with E-state index < -0.39 is 11.6 Å². The fourth-order valence-corrected chi connectivity index (χ4v) is 6.67. The van der Waals surface area contributed by atoms with Gasteiger partial charge in [-0.2, -0.15) is 4.98 Å². The van der Waals surface area contributed by atoms with Gasteiger partial charge in [0.2, 0.25) is 5.95 Å². The van der Waals surface area contributed by atoms with E-state index in [0.717, 1.165) is 80.0 Å². The number of carbonyl (C=O) groups is 1. The standard InChI is InChI=1S/C26H36N6O2S/c1-26(2,3)32(25(33)34)21-11-7-10-19(21)27-23-22-20(12-17-35-22)28-24(29-23)31-15-13-30(14-16-31)18-8-5-4-6-9-18/h4-6,8-9,19,21H,7,10-17H2,1-3H3,(H,33,34)(H,27,28,29)/t19-,21-/m0/s1. The monoisotopic (exact) mass is 496 g/mol. The molecule has 1 aliphatic carbocycles. The van der Waals surface area contributed by atoms with E-state index in [1.54, 1.807) is 4.90 Å². The molecule has 0 spiro atoms. The van der Waals surface area contributed by atoms with Crippen molar-refractivity contribution in [1.82, 2.24) is 14.9 Å². The molecule has 1 saturated carbocycles. The number of hydrogen-bond acceptors (Lipinski definition) is 7. The summed E-state index contributed by atoms with van der Waals surface area (Å²) in [5, 5.41) is 13.7. The predicted molar refractivity (Wildman–Crippen MR) is 142 cm³/mol. The number of benzene rings is 1. The van der Waals surface area contributed by atoms with Crippen molar-refractivity contribution < 1.29 is 9.90 Å². The highest BCUT2D eigenvalue weighted by Gasteiger charge is 2.41. The predicted octanol–water partition coefficient (Wildman–Crippen LogP) is 4.56. The number of anilines is 3. The van der Waals surface area contributed by atoms with E-state index >= 15 is 0 Å². The van der Waals surface area contributed by atoms with Gasteiger partial charge in [0.1, 0.15) is 5.82 Å². The Hall–Kier alpha value is -2.68. The molecule has 2 N–H and O–H groups in total. The number of rotatable bonds is 5. The van der Waals surface area contributed by atoms with Gasteiger partial charge in [0.05, 0.1) is 16.6 Å². The minimum absolute atomic E-state index is 0.0494. The summed E-state index contributed by atoms with van der Waals surface area (Å²) < 4.78 is 0. The highest BCUT2D eigenvalue weighted by molar-refractivity contribution is 7.99. The number of thioether (sulfide) groups is 1. The van der Waals surface area contributed by atoms with Crippen molar-refractivity contribution in [2.24, 2.45) is 0 Å². The van der Waals surface area contributed by atoms with E-state index in [4.69, 9.17) is 9.97 Å². The van der Waals surface area contributed by atoms with E-state index in [-0.39, 0.29) is 12.1 Å². The third-order valence-electron chi connectivity index (χ3n) is 7.26. The van der Waals surface area contributed by atoms with Crippen LogP contribution in [0.25, 0.3) is 0 Å². The lowest BCUT2D eigenvalue weighted by molar-refractivity contribution is 0.0689. The number of aromatic nitrogens is 2. The molecule has 3 aliphatic rings. The smallest absolute Gasteiger partial charge is 0.408 e. The number of amides is 1. The number of hydrogen-bond donors (Lipinski definition) is 2. The van der Waals surface area contributed by atoms with Crippen molar-refractivity contribution >= 4 is 35.3 Å². The molecular formula is C26H36N6O2S. The Labute approximate surface area is 212 Å². The van der Waals surface area contributed by atoms with Gasteiger partial charge in [-0.15, -0.1) is 11.8 Å². The van der Waals surface area contributed by atoms with Crippen LogP contribution in [0, 0.1) is 0 Å². The first-order valence-electron chi connectivity index (χ1n) is 12.7. The fraction of sp³-hybridized carbons (Fsp3) is 0.577. The maximum Gasteiger partial charge on any atom is 0.408 e. The van der Waals surface area contributed by atoms with Crippen LogP contribution in [-0.4, -0.2) is 75.6 Å².